The highest BCUT2D eigenvalue weighted by molar-refractivity contribution is 6.35. The maximum absolute atomic E-state index is 12.1. The number of hydrogen-bond donors (Lipinski definition) is 1. The van der Waals surface area contributed by atoms with Crippen LogP contribution in [0.4, 0.5) is 0 Å². The largest absolute Gasteiger partial charge is 0.307 e. The van der Waals surface area contributed by atoms with Crippen molar-refractivity contribution in [1.82, 2.24) is 15.0 Å². The van der Waals surface area contributed by atoms with Crippen molar-refractivity contribution < 1.29 is 0 Å². The second-order valence-corrected chi connectivity index (χ2v) is 8.41. The second kappa shape index (κ2) is 7.03. The van der Waals surface area contributed by atoms with E-state index in [2.05, 4.69) is 28.2 Å². The van der Waals surface area contributed by atoms with E-state index in [1.165, 1.54) is 5.56 Å². The summed E-state index contributed by atoms with van der Waals surface area (Å²) >= 11 is 6.67. The third-order valence-electron chi connectivity index (χ3n) is 5.90. The Morgan fingerprint density at radius 3 is 2.58 bits per heavy atom. The number of aromatic nitrogens is 3. The third kappa shape index (κ3) is 3.11. The summed E-state index contributed by atoms with van der Waals surface area (Å²) in [5, 5.41) is 2.61. The van der Waals surface area contributed by atoms with Gasteiger partial charge in [-0.3, -0.25) is 9.78 Å². The first-order chi connectivity index (χ1) is 15.2. The van der Waals surface area contributed by atoms with Crippen molar-refractivity contribution in [2.24, 2.45) is 0 Å². The van der Waals surface area contributed by atoms with Crippen molar-refractivity contribution >= 4 is 33.5 Å². The molecule has 1 aliphatic carbocycles. The Morgan fingerprint density at radius 1 is 0.935 bits per heavy atom. The Balaban J connectivity index is 1.77. The first-order valence-corrected chi connectivity index (χ1v) is 10.7. The predicted molar refractivity (Wildman–Crippen MR) is 126 cm³/mol. The standard InChI is InChI=1S/C26H18ClN3O/c27-20-14-18(13-17-7-4-12-28-24(17)20)23-22(15-8-9-15)19-10-11-21(31)29-26(19)30-25(23)16-5-2-1-3-6-16/h1-7,10-15H,8-9H2,(H,29,30,31). The molecule has 1 fully saturated rings. The van der Waals surface area contributed by atoms with E-state index in [-0.39, 0.29) is 5.56 Å². The van der Waals surface area contributed by atoms with E-state index < -0.39 is 0 Å². The van der Waals surface area contributed by atoms with Gasteiger partial charge in [0.2, 0.25) is 5.56 Å². The minimum atomic E-state index is -0.145. The molecule has 0 aliphatic heterocycles. The molecule has 0 saturated heterocycles. The molecule has 5 heteroatoms. The van der Waals surface area contributed by atoms with Crippen LogP contribution in [0.25, 0.3) is 44.3 Å². The summed E-state index contributed by atoms with van der Waals surface area (Å²) in [4.78, 5) is 24.4. The molecule has 0 amide bonds. The number of hydrogen-bond acceptors (Lipinski definition) is 3. The molecule has 4 nitrogen and oxygen atoms in total. The Bertz CT molecular complexity index is 1520. The van der Waals surface area contributed by atoms with Crippen LogP contribution in [-0.2, 0) is 0 Å². The normalized spacial score (nSPS) is 13.7. The molecule has 6 rings (SSSR count). The van der Waals surface area contributed by atoms with E-state index in [0.29, 0.717) is 16.6 Å². The van der Waals surface area contributed by atoms with Crippen LogP contribution >= 0.6 is 11.6 Å². The van der Waals surface area contributed by atoms with E-state index in [4.69, 9.17) is 16.6 Å². The lowest BCUT2D eigenvalue weighted by atomic mass is 9.89. The van der Waals surface area contributed by atoms with E-state index >= 15 is 0 Å². The lowest BCUT2D eigenvalue weighted by molar-refractivity contribution is 1.13. The van der Waals surface area contributed by atoms with Crippen molar-refractivity contribution in [2.75, 3.05) is 0 Å². The third-order valence-corrected chi connectivity index (χ3v) is 6.19. The molecule has 1 aliphatic rings. The highest BCUT2D eigenvalue weighted by Gasteiger charge is 2.31. The Morgan fingerprint density at radius 2 is 1.77 bits per heavy atom. The minimum Gasteiger partial charge on any atom is -0.307 e. The zero-order chi connectivity index (χ0) is 20.9. The van der Waals surface area contributed by atoms with E-state index in [9.17, 15) is 4.79 Å². The number of pyridine rings is 3. The number of rotatable bonds is 3. The summed E-state index contributed by atoms with van der Waals surface area (Å²) in [6.45, 7) is 0. The van der Waals surface area contributed by atoms with Gasteiger partial charge in [0.05, 0.1) is 16.2 Å². The van der Waals surface area contributed by atoms with Gasteiger partial charge in [0.25, 0.3) is 0 Å². The molecule has 3 heterocycles. The van der Waals surface area contributed by atoms with Crippen LogP contribution in [0.1, 0.15) is 24.3 Å². The first-order valence-electron chi connectivity index (χ1n) is 10.4. The molecule has 5 aromatic rings. The van der Waals surface area contributed by atoms with Crippen molar-refractivity contribution in [1.29, 1.82) is 0 Å². The van der Waals surface area contributed by atoms with E-state index in [1.54, 1.807) is 12.3 Å². The first kappa shape index (κ1) is 18.3. The Kier molecular flexibility index (Phi) is 4.15. The molecule has 0 unspecified atom stereocenters. The number of aromatic amines is 1. The van der Waals surface area contributed by atoms with E-state index in [1.807, 2.05) is 42.5 Å². The second-order valence-electron chi connectivity index (χ2n) is 8.01. The Labute approximate surface area is 183 Å². The van der Waals surface area contributed by atoms with Crippen molar-refractivity contribution in [3.63, 3.8) is 0 Å². The molecule has 1 N–H and O–H groups in total. The van der Waals surface area contributed by atoms with Crippen LogP contribution in [0.3, 0.4) is 0 Å². The van der Waals surface area contributed by atoms with Gasteiger partial charge >= 0.3 is 0 Å². The predicted octanol–water partition coefficient (Wildman–Crippen LogP) is 6.34. The molecular weight excluding hydrogens is 406 g/mol. The van der Waals surface area contributed by atoms with Crippen molar-refractivity contribution in [2.45, 2.75) is 18.8 Å². The molecule has 2 aromatic carbocycles. The summed E-state index contributed by atoms with van der Waals surface area (Å²) in [5.74, 6) is 0.442. The van der Waals surface area contributed by atoms with Gasteiger partial charge in [0.1, 0.15) is 5.65 Å². The van der Waals surface area contributed by atoms with Crippen molar-refractivity contribution in [3.8, 4) is 22.4 Å². The van der Waals surface area contributed by atoms with E-state index in [0.717, 1.165) is 51.5 Å². The molecule has 1 saturated carbocycles. The van der Waals surface area contributed by atoms with Gasteiger partial charge in [0, 0.05) is 34.2 Å². The number of benzene rings is 2. The molecule has 0 atom stereocenters. The molecule has 0 spiro atoms. The molecule has 150 valence electrons. The maximum Gasteiger partial charge on any atom is 0.249 e. The van der Waals surface area contributed by atoms with Gasteiger partial charge in [-0.2, -0.15) is 0 Å². The SMILES string of the molecule is O=c1ccc2c(C3CC3)c(-c3cc(Cl)c4ncccc4c3)c(-c3ccccc3)nc2[nH]1. The maximum atomic E-state index is 12.1. The number of nitrogens with zero attached hydrogens (tertiary/aromatic N) is 2. The van der Waals surface area contributed by atoms with Gasteiger partial charge in [-0.15, -0.1) is 0 Å². The smallest absolute Gasteiger partial charge is 0.249 e. The fourth-order valence-corrected chi connectivity index (χ4v) is 4.66. The molecule has 0 bridgehead atoms. The molecule has 3 aromatic heterocycles. The fraction of sp³-hybridized carbons (Fsp3) is 0.115. The zero-order valence-corrected chi connectivity index (χ0v) is 17.4. The monoisotopic (exact) mass is 423 g/mol. The molecule has 0 radical (unpaired) electrons. The number of H-pyrrole nitrogens is 1. The lowest BCUT2D eigenvalue weighted by Gasteiger charge is -2.18. The van der Waals surface area contributed by atoms with Gasteiger partial charge in [-0.05, 0) is 54.2 Å². The van der Waals surface area contributed by atoms with Crippen LogP contribution in [-0.4, -0.2) is 15.0 Å². The zero-order valence-electron chi connectivity index (χ0n) is 16.6. The topological polar surface area (TPSA) is 58.6 Å². The van der Waals surface area contributed by atoms with Crippen LogP contribution < -0.4 is 5.56 Å². The van der Waals surface area contributed by atoms with Crippen LogP contribution in [0.5, 0.6) is 0 Å². The number of halogens is 1. The highest BCUT2D eigenvalue weighted by Crippen LogP contribution is 2.50. The average molecular weight is 424 g/mol. The fourth-order valence-electron chi connectivity index (χ4n) is 4.38. The number of nitrogens with one attached hydrogen (secondary N) is 1. The van der Waals surface area contributed by atoms with Gasteiger partial charge in [0.15, 0.2) is 0 Å². The molecular formula is C26H18ClN3O. The summed E-state index contributed by atoms with van der Waals surface area (Å²) in [6.07, 6.45) is 4.01. The van der Waals surface area contributed by atoms with Gasteiger partial charge < -0.3 is 4.98 Å². The van der Waals surface area contributed by atoms with Crippen LogP contribution in [0, 0.1) is 0 Å². The van der Waals surface area contributed by atoms with Crippen LogP contribution in [0.15, 0.2) is 77.7 Å². The van der Waals surface area contributed by atoms with Crippen LogP contribution in [0.2, 0.25) is 5.02 Å². The summed E-state index contributed by atoms with van der Waals surface area (Å²) in [7, 11) is 0. The molecule has 31 heavy (non-hydrogen) atoms. The highest BCUT2D eigenvalue weighted by atomic mass is 35.5. The average Bonchev–Trinajstić information content (AvgIpc) is 3.63. The van der Waals surface area contributed by atoms with Gasteiger partial charge in [-0.1, -0.05) is 48.0 Å². The minimum absolute atomic E-state index is 0.145. The quantitative estimate of drug-likeness (QED) is 0.368. The number of fused-ring (bicyclic) bond motifs is 2. The summed E-state index contributed by atoms with van der Waals surface area (Å²) in [5.41, 5.74) is 6.48. The Hall–Kier alpha value is -3.50. The lowest BCUT2D eigenvalue weighted by Crippen LogP contribution is -2.07. The van der Waals surface area contributed by atoms with Crippen molar-refractivity contribution in [3.05, 3.63) is 93.9 Å². The van der Waals surface area contributed by atoms with Gasteiger partial charge in [-0.25, -0.2) is 4.98 Å². The summed E-state index contributed by atoms with van der Waals surface area (Å²) < 4.78 is 0. The summed E-state index contributed by atoms with van der Waals surface area (Å²) in [6, 6.07) is 21.7.